The number of ether oxygens (including phenoxy) is 3. The van der Waals surface area contributed by atoms with Crippen LogP contribution in [0, 0.1) is 5.92 Å². The number of carbonyl (C=O) groups excluding carboxylic acids is 3. The van der Waals surface area contributed by atoms with Gasteiger partial charge in [-0.05, 0) is 25.2 Å². The second-order valence-electron chi connectivity index (χ2n) is 15.9. The molecule has 0 aromatic heterocycles. The van der Waals surface area contributed by atoms with Crippen LogP contribution >= 0.6 is 0 Å². The van der Waals surface area contributed by atoms with Crippen molar-refractivity contribution in [3.63, 3.8) is 0 Å². The van der Waals surface area contributed by atoms with Gasteiger partial charge in [0.05, 0.1) is 0 Å². The number of hydrogen-bond acceptors (Lipinski definition) is 6. The van der Waals surface area contributed by atoms with Crippen molar-refractivity contribution in [1.82, 2.24) is 0 Å². The molecule has 0 aliphatic heterocycles. The van der Waals surface area contributed by atoms with Crippen LogP contribution in [0.15, 0.2) is 0 Å². The molecular weight excluding hydrogens is 649 g/mol. The Morgan fingerprint density at radius 1 is 0.385 bits per heavy atom. The number of hydrogen-bond donors (Lipinski definition) is 0. The lowest BCUT2D eigenvalue weighted by Crippen LogP contribution is -2.30. The van der Waals surface area contributed by atoms with E-state index in [1.807, 2.05) is 0 Å². The first-order chi connectivity index (χ1) is 25.4. The minimum absolute atomic E-state index is 0.0650. The zero-order valence-electron chi connectivity index (χ0n) is 35.3. The first kappa shape index (κ1) is 50.4. The van der Waals surface area contributed by atoms with Crippen LogP contribution in [0.4, 0.5) is 0 Å². The van der Waals surface area contributed by atoms with Gasteiger partial charge in [-0.1, -0.05) is 214 Å². The predicted octanol–water partition coefficient (Wildman–Crippen LogP) is 14.3. The van der Waals surface area contributed by atoms with Crippen molar-refractivity contribution in [3.8, 4) is 0 Å². The molecule has 2 atom stereocenters. The van der Waals surface area contributed by atoms with Gasteiger partial charge in [0.15, 0.2) is 6.10 Å². The van der Waals surface area contributed by atoms with Crippen LogP contribution in [-0.2, 0) is 28.6 Å². The molecule has 0 aliphatic rings. The number of carbonyl (C=O) groups is 3. The van der Waals surface area contributed by atoms with Crippen molar-refractivity contribution in [1.29, 1.82) is 0 Å². The fraction of sp³-hybridized carbons (Fsp3) is 0.935. The maximum absolute atomic E-state index is 12.6. The van der Waals surface area contributed by atoms with Gasteiger partial charge in [-0.3, -0.25) is 14.4 Å². The van der Waals surface area contributed by atoms with Crippen LogP contribution in [0.2, 0.25) is 0 Å². The fourth-order valence-electron chi connectivity index (χ4n) is 6.77. The molecule has 6 nitrogen and oxygen atoms in total. The number of unbranched alkanes of at least 4 members (excludes halogenated alkanes) is 27. The van der Waals surface area contributed by atoms with Gasteiger partial charge in [-0.25, -0.2) is 0 Å². The van der Waals surface area contributed by atoms with Crippen LogP contribution in [0.5, 0.6) is 0 Å². The fourth-order valence-corrected chi connectivity index (χ4v) is 6.77. The minimum atomic E-state index is -0.758. The highest BCUT2D eigenvalue weighted by Gasteiger charge is 2.19. The predicted molar refractivity (Wildman–Crippen MR) is 220 cm³/mol. The van der Waals surface area contributed by atoms with Crippen molar-refractivity contribution in [3.05, 3.63) is 0 Å². The van der Waals surface area contributed by atoms with Crippen molar-refractivity contribution < 1.29 is 28.6 Å². The molecule has 0 spiro atoms. The van der Waals surface area contributed by atoms with Gasteiger partial charge >= 0.3 is 17.9 Å². The van der Waals surface area contributed by atoms with E-state index in [2.05, 4.69) is 27.7 Å². The Morgan fingerprint density at radius 2 is 0.673 bits per heavy atom. The summed E-state index contributed by atoms with van der Waals surface area (Å²) in [6, 6.07) is 0. The summed E-state index contributed by atoms with van der Waals surface area (Å²) in [5.41, 5.74) is 0. The van der Waals surface area contributed by atoms with E-state index in [1.165, 1.54) is 148 Å². The Labute approximate surface area is 323 Å². The topological polar surface area (TPSA) is 78.9 Å². The van der Waals surface area contributed by atoms with E-state index in [0.717, 1.165) is 63.7 Å². The molecule has 52 heavy (non-hydrogen) atoms. The summed E-state index contributed by atoms with van der Waals surface area (Å²) < 4.78 is 16.6. The highest BCUT2D eigenvalue weighted by Crippen LogP contribution is 2.17. The van der Waals surface area contributed by atoms with Gasteiger partial charge in [-0.2, -0.15) is 0 Å². The van der Waals surface area contributed by atoms with Gasteiger partial charge in [0, 0.05) is 19.3 Å². The van der Waals surface area contributed by atoms with Crippen molar-refractivity contribution >= 4 is 17.9 Å². The first-order valence-electron chi connectivity index (χ1n) is 22.9. The van der Waals surface area contributed by atoms with Crippen LogP contribution in [0.1, 0.15) is 252 Å². The molecule has 0 aromatic rings. The molecule has 0 aliphatic carbocycles. The summed E-state index contributed by atoms with van der Waals surface area (Å²) in [7, 11) is 0. The van der Waals surface area contributed by atoms with E-state index in [4.69, 9.17) is 14.2 Å². The van der Waals surface area contributed by atoms with Crippen LogP contribution < -0.4 is 0 Å². The van der Waals surface area contributed by atoms with Gasteiger partial charge in [-0.15, -0.1) is 0 Å². The summed E-state index contributed by atoms with van der Waals surface area (Å²) in [5, 5.41) is 0. The molecule has 0 saturated carbocycles. The average molecular weight is 737 g/mol. The number of esters is 3. The lowest BCUT2D eigenvalue weighted by atomic mass is 10.00. The van der Waals surface area contributed by atoms with E-state index in [-0.39, 0.29) is 31.1 Å². The quantitative estimate of drug-likeness (QED) is 0.0353. The third-order valence-electron chi connectivity index (χ3n) is 10.7. The molecule has 0 amide bonds. The van der Waals surface area contributed by atoms with Crippen LogP contribution in [0.25, 0.3) is 0 Å². The zero-order chi connectivity index (χ0) is 38.2. The van der Waals surface area contributed by atoms with Crippen molar-refractivity contribution in [2.24, 2.45) is 5.92 Å². The molecule has 0 aromatic carbocycles. The molecule has 0 N–H and O–H groups in total. The molecule has 0 fully saturated rings. The Hall–Kier alpha value is -1.59. The summed E-state index contributed by atoms with van der Waals surface area (Å²) in [6.45, 7) is 8.93. The first-order valence-corrected chi connectivity index (χ1v) is 22.9. The maximum Gasteiger partial charge on any atom is 0.306 e. The third-order valence-corrected chi connectivity index (χ3v) is 10.7. The van der Waals surface area contributed by atoms with Gasteiger partial charge in [0.2, 0.25) is 0 Å². The molecule has 308 valence electrons. The zero-order valence-corrected chi connectivity index (χ0v) is 35.3. The highest BCUT2D eigenvalue weighted by atomic mass is 16.6. The van der Waals surface area contributed by atoms with Crippen molar-refractivity contribution in [2.75, 3.05) is 13.2 Å². The molecule has 0 heterocycles. The van der Waals surface area contributed by atoms with Crippen LogP contribution in [-0.4, -0.2) is 37.2 Å². The third kappa shape index (κ3) is 38.1. The summed E-state index contributed by atoms with van der Waals surface area (Å²) in [5.74, 6) is -0.0494. The molecule has 6 heteroatoms. The molecule has 0 rings (SSSR count). The van der Waals surface area contributed by atoms with Crippen molar-refractivity contribution in [2.45, 2.75) is 259 Å². The van der Waals surface area contributed by atoms with E-state index in [0.29, 0.717) is 19.3 Å². The molecular formula is C46H88O6. The molecule has 0 saturated heterocycles. The Kier molecular flexibility index (Phi) is 39.4. The van der Waals surface area contributed by atoms with E-state index in [1.54, 1.807) is 0 Å². The standard InChI is InChI=1S/C46H88O6/c1-5-8-10-12-14-15-16-17-18-19-20-21-22-23-25-29-33-37-44(47)50-40-43(52-46(49)39-35-31-24-13-11-9-6-2)41-51-45(48)38-34-30-27-26-28-32-36-42(4)7-3/h42-43H,5-41H2,1-4H3/t42?,43-/m0/s1. The molecule has 0 bridgehead atoms. The average Bonchev–Trinajstić information content (AvgIpc) is 3.14. The van der Waals surface area contributed by atoms with E-state index >= 15 is 0 Å². The van der Waals surface area contributed by atoms with Crippen LogP contribution in [0.3, 0.4) is 0 Å². The van der Waals surface area contributed by atoms with E-state index in [9.17, 15) is 14.4 Å². The lowest BCUT2D eigenvalue weighted by molar-refractivity contribution is -0.167. The second-order valence-corrected chi connectivity index (χ2v) is 15.9. The minimum Gasteiger partial charge on any atom is -0.462 e. The second kappa shape index (κ2) is 40.6. The SMILES string of the molecule is CCCCCCCCCCCCCCCCCCCC(=O)OC[C@@H](COC(=O)CCCCCCCCC(C)CC)OC(=O)CCCCCCCCC. The van der Waals surface area contributed by atoms with E-state index < -0.39 is 6.10 Å². The largest absolute Gasteiger partial charge is 0.462 e. The van der Waals surface area contributed by atoms with Gasteiger partial charge in [0.25, 0.3) is 0 Å². The van der Waals surface area contributed by atoms with Gasteiger partial charge < -0.3 is 14.2 Å². The summed E-state index contributed by atoms with van der Waals surface area (Å²) >= 11 is 0. The highest BCUT2D eigenvalue weighted by molar-refractivity contribution is 5.71. The lowest BCUT2D eigenvalue weighted by Gasteiger charge is -2.18. The summed E-state index contributed by atoms with van der Waals surface area (Å²) in [6.07, 6.45) is 39.6. The molecule has 1 unspecified atom stereocenters. The summed E-state index contributed by atoms with van der Waals surface area (Å²) in [4.78, 5) is 37.5. The monoisotopic (exact) mass is 737 g/mol. The Morgan fingerprint density at radius 3 is 1.00 bits per heavy atom. The smallest absolute Gasteiger partial charge is 0.306 e. The molecule has 0 radical (unpaired) electrons. The normalized spacial score (nSPS) is 12.5. The number of rotatable bonds is 41. The Balaban J connectivity index is 4.19. The Bertz CT molecular complexity index is 783. The van der Waals surface area contributed by atoms with Gasteiger partial charge in [0.1, 0.15) is 13.2 Å². The maximum atomic E-state index is 12.6.